The highest BCUT2D eigenvalue weighted by Crippen LogP contribution is 2.21. The lowest BCUT2D eigenvalue weighted by Crippen LogP contribution is -2.43. The molecule has 0 bridgehead atoms. The molecule has 5 nitrogen and oxygen atoms in total. The Balaban J connectivity index is 1.77. The minimum absolute atomic E-state index is 0.0364. The first kappa shape index (κ1) is 15.8. The summed E-state index contributed by atoms with van der Waals surface area (Å²) in [7, 11) is -1.19. The van der Waals surface area contributed by atoms with E-state index in [2.05, 4.69) is 5.32 Å². The molecule has 1 fully saturated rings. The molecule has 1 amide bonds. The van der Waals surface area contributed by atoms with E-state index in [1.54, 1.807) is 6.07 Å². The second kappa shape index (κ2) is 6.20. The topological polar surface area (TPSA) is 68.2 Å². The fourth-order valence-electron chi connectivity index (χ4n) is 3.03. The van der Waals surface area contributed by atoms with Gasteiger partial charge in [-0.15, -0.1) is 0 Å². The number of carbonyl (C=O) groups excluding carboxylic acids is 1. The summed E-state index contributed by atoms with van der Waals surface area (Å²) in [5.74, 6) is 0.0351. The van der Waals surface area contributed by atoms with Crippen LogP contribution < -0.4 is 5.32 Å². The van der Waals surface area contributed by atoms with E-state index >= 15 is 0 Å². The van der Waals surface area contributed by atoms with Crippen molar-refractivity contribution in [3.05, 3.63) is 48.2 Å². The van der Waals surface area contributed by atoms with E-state index in [-0.39, 0.29) is 23.5 Å². The molecule has 0 radical (unpaired) electrons. The van der Waals surface area contributed by atoms with E-state index in [0.29, 0.717) is 18.5 Å². The average Bonchev–Trinajstić information content (AvgIpc) is 2.89. The molecule has 1 atom stereocenters. The molecule has 0 aliphatic carbocycles. The molecule has 6 heteroatoms. The van der Waals surface area contributed by atoms with Crippen LogP contribution in [0.2, 0.25) is 0 Å². The van der Waals surface area contributed by atoms with Crippen molar-refractivity contribution in [2.45, 2.75) is 18.9 Å². The lowest BCUT2D eigenvalue weighted by molar-refractivity contribution is 0.0930. The third kappa shape index (κ3) is 3.47. The van der Waals surface area contributed by atoms with Crippen molar-refractivity contribution in [1.82, 2.24) is 9.88 Å². The highest BCUT2D eigenvalue weighted by molar-refractivity contribution is 7.91. The van der Waals surface area contributed by atoms with E-state index in [1.807, 2.05) is 48.0 Å². The van der Waals surface area contributed by atoms with Gasteiger partial charge in [-0.3, -0.25) is 4.79 Å². The Morgan fingerprint density at radius 2 is 1.91 bits per heavy atom. The molecular weight excluding hydrogens is 312 g/mol. The van der Waals surface area contributed by atoms with Crippen molar-refractivity contribution in [2.24, 2.45) is 7.05 Å². The van der Waals surface area contributed by atoms with Crippen molar-refractivity contribution in [1.29, 1.82) is 0 Å². The zero-order valence-corrected chi connectivity index (χ0v) is 13.8. The predicted molar refractivity (Wildman–Crippen MR) is 90.0 cm³/mol. The molecule has 23 heavy (non-hydrogen) atoms. The van der Waals surface area contributed by atoms with Crippen molar-refractivity contribution in [3.8, 4) is 11.3 Å². The van der Waals surface area contributed by atoms with Gasteiger partial charge < -0.3 is 9.88 Å². The van der Waals surface area contributed by atoms with Gasteiger partial charge in [0.2, 0.25) is 0 Å². The van der Waals surface area contributed by atoms with E-state index < -0.39 is 9.84 Å². The number of benzene rings is 1. The van der Waals surface area contributed by atoms with E-state index in [9.17, 15) is 13.2 Å². The van der Waals surface area contributed by atoms with E-state index in [4.69, 9.17) is 0 Å². The molecule has 1 aliphatic heterocycles. The largest absolute Gasteiger partial charge is 0.347 e. The Morgan fingerprint density at radius 1 is 1.17 bits per heavy atom. The van der Waals surface area contributed by atoms with Crippen LogP contribution in [0.25, 0.3) is 11.3 Å². The molecule has 122 valence electrons. The van der Waals surface area contributed by atoms with Gasteiger partial charge >= 0.3 is 0 Å². The SMILES string of the molecule is Cn1c(C(=O)N[C@@H]2CCCS(=O)(=O)C2)ccc1-c1ccccc1. The quantitative estimate of drug-likeness (QED) is 0.935. The summed E-state index contributed by atoms with van der Waals surface area (Å²) in [5, 5.41) is 2.86. The van der Waals surface area contributed by atoms with E-state index in [1.165, 1.54) is 0 Å². The summed E-state index contributed by atoms with van der Waals surface area (Å²) in [6, 6.07) is 13.2. The monoisotopic (exact) mass is 332 g/mol. The van der Waals surface area contributed by atoms with Crippen LogP contribution in [0, 0.1) is 0 Å². The van der Waals surface area contributed by atoms with Gasteiger partial charge in [0.05, 0.1) is 11.5 Å². The molecule has 0 spiro atoms. The fraction of sp³-hybridized carbons (Fsp3) is 0.353. The molecule has 1 aromatic heterocycles. The highest BCUT2D eigenvalue weighted by atomic mass is 32.2. The van der Waals surface area contributed by atoms with Crippen LogP contribution in [-0.4, -0.2) is 36.4 Å². The smallest absolute Gasteiger partial charge is 0.268 e. The molecule has 1 N–H and O–H groups in total. The minimum atomic E-state index is -3.03. The number of aromatic nitrogens is 1. The zero-order chi connectivity index (χ0) is 16.4. The lowest BCUT2D eigenvalue weighted by atomic mass is 10.2. The molecule has 1 aromatic carbocycles. The zero-order valence-electron chi connectivity index (χ0n) is 13.0. The maximum atomic E-state index is 12.5. The first-order valence-electron chi connectivity index (χ1n) is 7.69. The molecule has 2 heterocycles. The van der Waals surface area contributed by atoms with E-state index in [0.717, 1.165) is 11.3 Å². The number of amides is 1. The minimum Gasteiger partial charge on any atom is -0.347 e. The van der Waals surface area contributed by atoms with Gasteiger partial charge in [0.15, 0.2) is 9.84 Å². The van der Waals surface area contributed by atoms with Crippen LogP contribution in [0.15, 0.2) is 42.5 Å². The summed E-state index contributed by atoms with van der Waals surface area (Å²) >= 11 is 0. The summed E-state index contributed by atoms with van der Waals surface area (Å²) in [6.45, 7) is 0. The maximum absolute atomic E-state index is 12.5. The third-order valence-electron chi connectivity index (χ3n) is 4.22. The highest BCUT2D eigenvalue weighted by Gasteiger charge is 2.26. The first-order valence-corrected chi connectivity index (χ1v) is 9.51. The third-order valence-corrected chi connectivity index (χ3v) is 6.04. The Kier molecular flexibility index (Phi) is 4.26. The number of nitrogens with zero attached hydrogens (tertiary/aromatic N) is 1. The van der Waals surface area contributed by atoms with Crippen LogP contribution in [-0.2, 0) is 16.9 Å². The summed E-state index contributed by atoms with van der Waals surface area (Å²) in [5.41, 5.74) is 2.52. The summed E-state index contributed by atoms with van der Waals surface area (Å²) < 4.78 is 25.2. The van der Waals surface area contributed by atoms with Crippen molar-refractivity contribution < 1.29 is 13.2 Å². The molecule has 3 rings (SSSR count). The molecule has 1 aliphatic rings. The van der Waals surface area contributed by atoms with Crippen LogP contribution in [0.4, 0.5) is 0 Å². The first-order chi connectivity index (χ1) is 11.0. The normalized spacial score (nSPS) is 20.1. The van der Waals surface area contributed by atoms with Crippen molar-refractivity contribution >= 4 is 15.7 Å². The van der Waals surface area contributed by atoms with Gasteiger partial charge in [0.25, 0.3) is 5.91 Å². The van der Waals surface area contributed by atoms with Gasteiger partial charge in [0.1, 0.15) is 5.69 Å². The second-order valence-electron chi connectivity index (χ2n) is 5.96. The van der Waals surface area contributed by atoms with Crippen LogP contribution in [0.3, 0.4) is 0 Å². The van der Waals surface area contributed by atoms with Crippen molar-refractivity contribution in [3.63, 3.8) is 0 Å². The number of sulfone groups is 1. The second-order valence-corrected chi connectivity index (χ2v) is 8.18. The molecule has 2 aromatic rings. The van der Waals surface area contributed by atoms with Crippen LogP contribution in [0.5, 0.6) is 0 Å². The van der Waals surface area contributed by atoms with Crippen LogP contribution in [0.1, 0.15) is 23.3 Å². The Morgan fingerprint density at radius 3 is 2.61 bits per heavy atom. The lowest BCUT2D eigenvalue weighted by Gasteiger charge is -2.23. The molecular formula is C17H20N2O3S. The predicted octanol–water partition coefficient (Wildman–Crippen LogP) is 2.00. The number of rotatable bonds is 3. The maximum Gasteiger partial charge on any atom is 0.268 e. The Hall–Kier alpha value is -2.08. The Bertz CT molecular complexity index is 810. The van der Waals surface area contributed by atoms with Gasteiger partial charge in [-0.1, -0.05) is 30.3 Å². The van der Waals surface area contributed by atoms with Gasteiger partial charge in [-0.05, 0) is 30.5 Å². The number of carbonyl (C=O) groups is 1. The van der Waals surface area contributed by atoms with Gasteiger partial charge in [-0.2, -0.15) is 0 Å². The van der Waals surface area contributed by atoms with Crippen LogP contribution >= 0.6 is 0 Å². The van der Waals surface area contributed by atoms with Gasteiger partial charge in [-0.25, -0.2) is 8.42 Å². The standard InChI is InChI=1S/C17H20N2O3S/c1-19-15(13-6-3-2-4-7-13)9-10-16(19)17(20)18-14-8-5-11-23(21,22)12-14/h2-4,6-7,9-10,14H,5,8,11-12H2,1H3,(H,18,20)/t14-/m1/s1. The molecule has 0 saturated carbocycles. The van der Waals surface area contributed by atoms with Gasteiger partial charge in [0, 0.05) is 18.8 Å². The fourth-order valence-corrected chi connectivity index (χ4v) is 4.67. The molecule has 0 unspecified atom stereocenters. The summed E-state index contributed by atoms with van der Waals surface area (Å²) in [4.78, 5) is 12.5. The summed E-state index contributed by atoms with van der Waals surface area (Å²) in [6.07, 6.45) is 1.32. The number of hydrogen-bond donors (Lipinski definition) is 1. The molecule has 1 saturated heterocycles. The average molecular weight is 332 g/mol. The van der Waals surface area contributed by atoms with Crippen molar-refractivity contribution in [2.75, 3.05) is 11.5 Å². The number of nitrogens with one attached hydrogen (secondary N) is 1. The Labute approximate surface area is 136 Å². The number of hydrogen-bond acceptors (Lipinski definition) is 3.